The zero-order chi connectivity index (χ0) is 17.0. The average Bonchev–Trinajstić information content (AvgIpc) is 3.26. The first kappa shape index (κ1) is 14.0. The van der Waals surface area contributed by atoms with Gasteiger partial charge in [-0.05, 0) is 22.9 Å². The number of aromatic nitrogens is 2. The number of fused-ring (bicyclic) bond motifs is 6. The van der Waals surface area contributed by atoms with E-state index in [1.807, 2.05) is 29.8 Å². The number of aldehydes is 1. The Hall–Kier alpha value is -3.40. The molecule has 0 aliphatic rings. The van der Waals surface area contributed by atoms with Gasteiger partial charge in [-0.25, -0.2) is 4.98 Å². The molecule has 0 N–H and O–H groups in total. The lowest BCUT2D eigenvalue weighted by Gasteiger charge is -2.07. The fraction of sp³-hybridized carbons (Fsp3) is 0.0476. The minimum absolute atomic E-state index is 0.303. The molecule has 0 radical (unpaired) electrons. The zero-order valence-corrected chi connectivity index (χ0v) is 13.6. The fourth-order valence-corrected chi connectivity index (χ4v) is 3.60. The van der Waals surface area contributed by atoms with Crippen LogP contribution in [0.2, 0.25) is 0 Å². The van der Waals surface area contributed by atoms with Crippen molar-refractivity contribution in [2.75, 3.05) is 0 Å². The number of benzene rings is 3. The van der Waals surface area contributed by atoms with Crippen molar-refractivity contribution in [2.24, 2.45) is 7.05 Å². The van der Waals surface area contributed by atoms with Gasteiger partial charge < -0.3 is 8.98 Å². The summed E-state index contributed by atoms with van der Waals surface area (Å²) in [5.74, 6) is 1.61. The standard InChI is InChI=1S/C21H14N2O2/c1-23-20-17-9-5-3-7-15(17)14-6-2-4-8-16(14)19(20)22-21(23)18-11-10-13(12-24)25-18/h2-12H,1H3. The van der Waals surface area contributed by atoms with Crippen LogP contribution in [0.3, 0.4) is 0 Å². The lowest BCUT2D eigenvalue weighted by atomic mass is 10.00. The van der Waals surface area contributed by atoms with Crippen LogP contribution in [0.4, 0.5) is 0 Å². The number of carbonyl (C=O) groups excluding carboxylic acids is 1. The highest BCUT2D eigenvalue weighted by Gasteiger charge is 2.18. The number of rotatable bonds is 2. The molecule has 0 atom stereocenters. The molecule has 0 saturated carbocycles. The molecule has 0 amide bonds. The van der Waals surface area contributed by atoms with Gasteiger partial charge in [0.25, 0.3) is 0 Å². The van der Waals surface area contributed by atoms with Crippen molar-refractivity contribution in [3.8, 4) is 11.6 Å². The van der Waals surface area contributed by atoms with Crippen LogP contribution in [0.5, 0.6) is 0 Å². The van der Waals surface area contributed by atoms with Gasteiger partial charge >= 0.3 is 0 Å². The molecule has 0 bridgehead atoms. The van der Waals surface area contributed by atoms with Gasteiger partial charge in [-0.3, -0.25) is 4.79 Å². The number of nitrogens with zero attached hydrogens (tertiary/aromatic N) is 2. The lowest BCUT2D eigenvalue weighted by molar-refractivity contribution is 0.110. The Morgan fingerprint density at radius 2 is 1.52 bits per heavy atom. The minimum atomic E-state index is 0.303. The summed E-state index contributed by atoms with van der Waals surface area (Å²) in [7, 11) is 1.98. The van der Waals surface area contributed by atoms with Crippen molar-refractivity contribution >= 4 is 38.9 Å². The molecule has 0 spiro atoms. The monoisotopic (exact) mass is 326 g/mol. The van der Waals surface area contributed by atoms with Gasteiger partial charge in [0.15, 0.2) is 23.6 Å². The first-order chi connectivity index (χ1) is 12.3. The van der Waals surface area contributed by atoms with E-state index < -0.39 is 0 Å². The van der Waals surface area contributed by atoms with E-state index >= 15 is 0 Å². The van der Waals surface area contributed by atoms with Crippen LogP contribution in [0.25, 0.3) is 44.2 Å². The van der Waals surface area contributed by atoms with Gasteiger partial charge in [0.05, 0.1) is 11.0 Å². The Labute approximate surface area is 143 Å². The summed E-state index contributed by atoms with van der Waals surface area (Å²) in [5, 5.41) is 4.65. The van der Waals surface area contributed by atoms with Gasteiger partial charge in [-0.15, -0.1) is 0 Å². The Bertz CT molecular complexity index is 1280. The maximum Gasteiger partial charge on any atom is 0.185 e. The van der Waals surface area contributed by atoms with Crippen LogP contribution in [-0.2, 0) is 7.05 Å². The summed E-state index contributed by atoms with van der Waals surface area (Å²) < 4.78 is 7.64. The van der Waals surface area contributed by atoms with Gasteiger partial charge in [0.2, 0.25) is 0 Å². The number of hydrogen-bond donors (Lipinski definition) is 0. The molecule has 3 aromatic carbocycles. The second-order valence-corrected chi connectivity index (χ2v) is 6.10. The van der Waals surface area contributed by atoms with Gasteiger partial charge in [-0.2, -0.15) is 0 Å². The highest BCUT2D eigenvalue weighted by atomic mass is 16.3. The molecule has 120 valence electrons. The average molecular weight is 326 g/mol. The number of carbonyl (C=O) groups is 1. The van der Waals surface area contributed by atoms with E-state index in [4.69, 9.17) is 9.40 Å². The zero-order valence-electron chi connectivity index (χ0n) is 13.6. The van der Waals surface area contributed by atoms with Gasteiger partial charge in [-0.1, -0.05) is 48.5 Å². The number of aryl methyl sites for hydroxylation is 1. The minimum Gasteiger partial charge on any atom is -0.450 e. The van der Waals surface area contributed by atoms with Crippen LogP contribution in [0.15, 0.2) is 65.1 Å². The molecule has 25 heavy (non-hydrogen) atoms. The van der Waals surface area contributed by atoms with E-state index in [9.17, 15) is 4.79 Å². The molecule has 0 fully saturated rings. The highest BCUT2D eigenvalue weighted by molar-refractivity contribution is 6.23. The molecular formula is C21H14N2O2. The second kappa shape index (κ2) is 5.05. The normalized spacial score (nSPS) is 11.6. The molecule has 5 aromatic rings. The summed E-state index contributed by atoms with van der Waals surface area (Å²) in [6.45, 7) is 0. The molecule has 0 unspecified atom stereocenters. The quantitative estimate of drug-likeness (QED) is 0.340. The van der Waals surface area contributed by atoms with Crippen molar-refractivity contribution in [2.45, 2.75) is 0 Å². The summed E-state index contributed by atoms with van der Waals surface area (Å²) in [5.41, 5.74) is 2.00. The van der Waals surface area contributed by atoms with E-state index in [2.05, 4.69) is 30.3 Å². The molecule has 2 heterocycles. The number of hydrogen-bond acceptors (Lipinski definition) is 3. The van der Waals surface area contributed by atoms with Crippen molar-refractivity contribution in [3.63, 3.8) is 0 Å². The molecule has 0 aliphatic heterocycles. The summed E-state index contributed by atoms with van der Waals surface area (Å²) in [6, 6.07) is 20.1. The van der Waals surface area contributed by atoms with E-state index in [0.717, 1.165) is 21.8 Å². The maximum atomic E-state index is 10.9. The Morgan fingerprint density at radius 1 is 0.880 bits per heavy atom. The Balaban J connectivity index is 1.98. The predicted octanol–water partition coefficient (Wildman–Crippen LogP) is 4.95. The molecule has 4 heteroatoms. The van der Waals surface area contributed by atoms with Gasteiger partial charge in [0.1, 0.15) is 0 Å². The predicted molar refractivity (Wildman–Crippen MR) is 98.8 cm³/mol. The van der Waals surface area contributed by atoms with E-state index in [1.54, 1.807) is 12.1 Å². The first-order valence-corrected chi connectivity index (χ1v) is 8.09. The van der Waals surface area contributed by atoms with Crippen molar-refractivity contribution in [1.82, 2.24) is 9.55 Å². The molecule has 0 aliphatic carbocycles. The number of imidazole rings is 1. The topological polar surface area (TPSA) is 48.0 Å². The third kappa shape index (κ3) is 1.88. The number of furan rings is 1. The van der Waals surface area contributed by atoms with Crippen molar-refractivity contribution in [1.29, 1.82) is 0 Å². The molecule has 0 saturated heterocycles. The van der Waals surface area contributed by atoms with E-state index in [0.29, 0.717) is 23.6 Å². The lowest BCUT2D eigenvalue weighted by Crippen LogP contribution is -1.92. The van der Waals surface area contributed by atoms with Crippen molar-refractivity contribution in [3.05, 3.63) is 66.4 Å². The van der Waals surface area contributed by atoms with Crippen LogP contribution in [0.1, 0.15) is 10.6 Å². The third-order valence-electron chi connectivity index (χ3n) is 4.71. The van der Waals surface area contributed by atoms with Crippen LogP contribution >= 0.6 is 0 Å². The van der Waals surface area contributed by atoms with E-state index in [-0.39, 0.29) is 0 Å². The van der Waals surface area contributed by atoms with Crippen LogP contribution in [-0.4, -0.2) is 15.8 Å². The maximum absolute atomic E-state index is 10.9. The highest BCUT2D eigenvalue weighted by Crippen LogP contribution is 2.36. The Kier molecular flexibility index (Phi) is 2.82. The molecule has 2 aromatic heterocycles. The summed E-state index contributed by atoms with van der Waals surface area (Å²) in [4.78, 5) is 15.8. The van der Waals surface area contributed by atoms with Gasteiger partial charge in [0, 0.05) is 17.8 Å². The SMILES string of the molecule is Cn1c(-c2ccc(C=O)o2)nc2c3ccccc3c3ccccc3c21. The van der Waals surface area contributed by atoms with Crippen molar-refractivity contribution < 1.29 is 9.21 Å². The van der Waals surface area contributed by atoms with Crippen LogP contribution < -0.4 is 0 Å². The molecule has 4 nitrogen and oxygen atoms in total. The third-order valence-corrected chi connectivity index (χ3v) is 4.71. The Morgan fingerprint density at radius 3 is 2.20 bits per heavy atom. The largest absolute Gasteiger partial charge is 0.450 e. The fourth-order valence-electron chi connectivity index (χ4n) is 3.60. The summed E-state index contributed by atoms with van der Waals surface area (Å²) in [6.07, 6.45) is 0.705. The molecule has 5 rings (SSSR count). The van der Waals surface area contributed by atoms with Crippen LogP contribution in [0, 0.1) is 0 Å². The van der Waals surface area contributed by atoms with E-state index in [1.165, 1.54) is 10.8 Å². The smallest absolute Gasteiger partial charge is 0.185 e. The second-order valence-electron chi connectivity index (χ2n) is 6.10. The summed E-state index contributed by atoms with van der Waals surface area (Å²) >= 11 is 0. The first-order valence-electron chi connectivity index (χ1n) is 8.09. The molecular weight excluding hydrogens is 312 g/mol.